The molecule has 5 nitrogen and oxygen atoms in total. The number of guanidine groups is 1. The van der Waals surface area contributed by atoms with Crippen LogP contribution in [-0.2, 0) is 13.1 Å². The molecule has 130 valence electrons. The molecule has 0 aliphatic carbocycles. The second kappa shape index (κ2) is 9.05. The molecule has 1 fully saturated rings. The Bertz CT molecular complexity index is 636. The first kappa shape index (κ1) is 18.8. The monoisotopic (exact) mass is 439 g/mol. The minimum atomic E-state index is 0. The number of halogens is 1. The molecule has 1 unspecified atom stereocenters. The highest BCUT2D eigenvalue weighted by atomic mass is 127. The summed E-state index contributed by atoms with van der Waals surface area (Å²) < 4.78 is 2.06. The van der Waals surface area contributed by atoms with Crippen LogP contribution >= 0.6 is 24.0 Å². The van der Waals surface area contributed by atoms with Crippen molar-refractivity contribution in [2.24, 2.45) is 16.6 Å². The van der Waals surface area contributed by atoms with Gasteiger partial charge in [0.1, 0.15) is 0 Å². The first-order valence-corrected chi connectivity index (χ1v) is 8.29. The molecular weight excluding hydrogens is 413 g/mol. The van der Waals surface area contributed by atoms with Crippen LogP contribution in [0.4, 0.5) is 0 Å². The minimum absolute atomic E-state index is 0. The Morgan fingerprint density at radius 2 is 2.04 bits per heavy atom. The number of nitrogens with zero attached hydrogens (tertiary/aromatic N) is 4. The van der Waals surface area contributed by atoms with Crippen molar-refractivity contribution in [3.05, 3.63) is 54.1 Å². The predicted molar refractivity (Wildman–Crippen MR) is 108 cm³/mol. The van der Waals surface area contributed by atoms with Crippen molar-refractivity contribution in [2.45, 2.75) is 32.9 Å². The summed E-state index contributed by atoms with van der Waals surface area (Å²) in [6.07, 6.45) is 8.10. The van der Waals surface area contributed by atoms with E-state index in [1.807, 2.05) is 12.5 Å². The molecular formula is C18H26IN5. The second-order valence-electron chi connectivity index (χ2n) is 6.42. The van der Waals surface area contributed by atoms with Crippen LogP contribution in [0.3, 0.4) is 0 Å². The van der Waals surface area contributed by atoms with Gasteiger partial charge in [-0.25, -0.2) is 9.98 Å². The molecule has 0 amide bonds. The van der Waals surface area contributed by atoms with E-state index in [1.165, 1.54) is 24.0 Å². The van der Waals surface area contributed by atoms with Crippen LogP contribution in [0.25, 0.3) is 0 Å². The van der Waals surface area contributed by atoms with E-state index in [9.17, 15) is 0 Å². The fourth-order valence-corrected chi connectivity index (χ4v) is 3.01. The second-order valence-corrected chi connectivity index (χ2v) is 6.42. The van der Waals surface area contributed by atoms with E-state index < -0.39 is 0 Å². The van der Waals surface area contributed by atoms with Gasteiger partial charge in [0, 0.05) is 32.0 Å². The summed E-state index contributed by atoms with van der Waals surface area (Å²) >= 11 is 0. The highest BCUT2D eigenvalue weighted by molar-refractivity contribution is 14.0. The van der Waals surface area contributed by atoms with Crippen molar-refractivity contribution in [1.82, 2.24) is 14.5 Å². The largest absolute Gasteiger partial charge is 0.370 e. The van der Waals surface area contributed by atoms with Crippen LogP contribution in [0, 0.1) is 5.92 Å². The van der Waals surface area contributed by atoms with Crippen molar-refractivity contribution in [3.8, 4) is 0 Å². The molecule has 1 saturated heterocycles. The molecule has 1 aliphatic heterocycles. The maximum absolute atomic E-state index is 6.14. The van der Waals surface area contributed by atoms with Gasteiger partial charge in [0.2, 0.25) is 0 Å². The maximum Gasteiger partial charge on any atom is 0.191 e. The lowest BCUT2D eigenvalue weighted by molar-refractivity contribution is 0.270. The number of hydrogen-bond acceptors (Lipinski definition) is 2. The zero-order valence-corrected chi connectivity index (χ0v) is 16.5. The smallest absolute Gasteiger partial charge is 0.191 e. The molecule has 1 atom stereocenters. The fraction of sp³-hybridized carbons (Fsp3) is 0.444. The Labute approximate surface area is 161 Å². The van der Waals surface area contributed by atoms with Gasteiger partial charge in [-0.3, -0.25) is 0 Å². The third-order valence-corrected chi connectivity index (χ3v) is 4.35. The van der Waals surface area contributed by atoms with Crippen LogP contribution in [0.1, 0.15) is 30.9 Å². The van der Waals surface area contributed by atoms with Crippen LogP contribution in [-0.4, -0.2) is 33.5 Å². The fourth-order valence-electron chi connectivity index (χ4n) is 3.01. The van der Waals surface area contributed by atoms with Gasteiger partial charge in [0.15, 0.2) is 5.96 Å². The van der Waals surface area contributed by atoms with E-state index >= 15 is 0 Å². The molecule has 0 radical (unpaired) electrons. The number of likely N-dealkylation sites (tertiary alicyclic amines) is 1. The lowest BCUT2D eigenvalue weighted by atomic mass is 10.0. The molecule has 6 heteroatoms. The van der Waals surface area contributed by atoms with Gasteiger partial charge in [0.25, 0.3) is 0 Å². The number of imidazole rings is 1. The Hall–Kier alpha value is -1.57. The van der Waals surface area contributed by atoms with E-state index in [4.69, 9.17) is 5.73 Å². The average molecular weight is 439 g/mol. The lowest BCUT2D eigenvalue weighted by Crippen LogP contribution is -2.43. The van der Waals surface area contributed by atoms with E-state index in [1.54, 1.807) is 6.20 Å². The average Bonchev–Trinajstić information content (AvgIpc) is 3.07. The summed E-state index contributed by atoms with van der Waals surface area (Å²) in [4.78, 5) is 10.8. The lowest BCUT2D eigenvalue weighted by Gasteiger charge is -2.31. The summed E-state index contributed by atoms with van der Waals surface area (Å²) in [5.74, 6) is 1.39. The number of hydrogen-bond donors (Lipinski definition) is 1. The summed E-state index contributed by atoms with van der Waals surface area (Å²) in [5, 5.41) is 0. The van der Waals surface area contributed by atoms with Crippen molar-refractivity contribution < 1.29 is 0 Å². The van der Waals surface area contributed by atoms with Crippen LogP contribution in [0.5, 0.6) is 0 Å². The predicted octanol–water partition coefficient (Wildman–Crippen LogP) is 3.10. The maximum atomic E-state index is 6.14. The number of rotatable bonds is 4. The zero-order valence-electron chi connectivity index (χ0n) is 14.1. The molecule has 0 saturated carbocycles. The van der Waals surface area contributed by atoms with E-state index in [2.05, 4.69) is 50.6 Å². The van der Waals surface area contributed by atoms with Gasteiger partial charge >= 0.3 is 0 Å². The zero-order chi connectivity index (χ0) is 16.1. The third kappa shape index (κ3) is 5.22. The molecule has 2 N–H and O–H groups in total. The number of benzene rings is 1. The molecule has 2 heterocycles. The topological polar surface area (TPSA) is 59.4 Å². The van der Waals surface area contributed by atoms with Crippen molar-refractivity contribution in [3.63, 3.8) is 0 Å². The molecule has 0 spiro atoms. The van der Waals surface area contributed by atoms with E-state index in [-0.39, 0.29) is 24.0 Å². The van der Waals surface area contributed by atoms with Crippen molar-refractivity contribution in [1.29, 1.82) is 0 Å². The van der Waals surface area contributed by atoms with Crippen LogP contribution in [0.2, 0.25) is 0 Å². The number of piperidine rings is 1. The van der Waals surface area contributed by atoms with Gasteiger partial charge < -0.3 is 15.2 Å². The number of aliphatic imine (C=N–C) groups is 1. The molecule has 0 bridgehead atoms. The van der Waals surface area contributed by atoms with Gasteiger partial charge in [-0.2, -0.15) is 0 Å². The normalized spacial score (nSPS) is 18.3. The van der Waals surface area contributed by atoms with E-state index in [0.29, 0.717) is 18.4 Å². The summed E-state index contributed by atoms with van der Waals surface area (Å²) in [6, 6.07) is 8.54. The summed E-state index contributed by atoms with van der Waals surface area (Å²) in [5.41, 5.74) is 8.59. The molecule has 2 aromatic rings. The van der Waals surface area contributed by atoms with Gasteiger partial charge in [0.05, 0.1) is 12.9 Å². The Kier molecular flexibility index (Phi) is 7.08. The Morgan fingerprint density at radius 3 is 2.71 bits per heavy atom. The highest BCUT2D eigenvalue weighted by Crippen LogP contribution is 2.15. The van der Waals surface area contributed by atoms with Crippen molar-refractivity contribution >= 4 is 29.9 Å². The molecule has 1 aliphatic rings. The van der Waals surface area contributed by atoms with Gasteiger partial charge in [-0.05, 0) is 29.9 Å². The highest BCUT2D eigenvalue weighted by Gasteiger charge is 2.17. The molecule has 3 rings (SSSR count). The SMILES string of the molecule is CC1CCCN(C(N)=NCc2ccc(Cn3ccnc3)cc2)C1.I. The molecule has 1 aromatic heterocycles. The van der Waals surface area contributed by atoms with Gasteiger partial charge in [-0.1, -0.05) is 31.2 Å². The standard InChI is InChI=1S/C18H25N5.HI/c1-15-3-2-9-23(12-15)18(19)21-11-16-4-6-17(7-5-16)13-22-10-8-20-14-22;/h4-8,10,14-15H,2-3,9,11-13H2,1H3,(H2,19,21);1H. The van der Waals surface area contributed by atoms with Crippen LogP contribution in [0.15, 0.2) is 48.0 Å². The molecule has 24 heavy (non-hydrogen) atoms. The first-order valence-electron chi connectivity index (χ1n) is 8.29. The minimum Gasteiger partial charge on any atom is -0.370 e. The first-order chi connectivity index (χ1) is 11.2. The van der Waals surface area contributed by atoms with E-state index in [0.717, 1.165) is 19.6 Å². The number of nitrogens with two attached hydrogens (primary N) is 1. The van der Waals surface area contributed by atoms with Gasteiger partial charge in [-0.15, -0.1) is 24.0 Å². The third-order valence-electron chi connectivity index (χ3n) is 4.35. The van der Waals surface area contributed by atoms with Crippen molar-refractivity contribution in [2.75, 3.05) is 13.1 Å². The van der Waals surface area contributed by atoms with Crippen LogP contribution < -0.4 is 5.73 Å². The summed E-state index contributed by atoms with van der Waals surface area (Å²) in [7, 11) is 0. The Balaban J connectivity index is 0.00000208. The number of aromatic nitrogens is 2. The summed E-state index contributed by atoms with van der Waals surface area (Å²) in [6.45, 7) is 5.82. The quantitative estimate of drug-likeness (QED) is 0.453. The molecule has 1 aromatic carbocycles. The Morgan fingerprint density at radius 1 is 1.29 bits per heavy atom.